The van der Waals surface area contributed by atoms with Crippen LogP contribution < -0.4 is 10.6 Å². The van der Waals surface area contributed by atoms with Crippen LogP contribution in [0.5, 0.6) is 0 Å². The second-order valence-corrected chi connectivity index (χ2v) is 3.00. The van der Waals surface area contributed by atoms with Gasteiger partial charge in [0.05, 0.1) is 0 Å². The Balaban J connectivity index is 2.46. The Hall–Kier alpha value is -1.22. The number of rotatable bonds is 2. The number of hydrogen-bond donors (Lipinski definition) is 2. The van der Waals surface area contributed by atoms with E-state index in [1.165, 1.54) is 0 Å². The molecule has 0 saturated heterocycles. The molecule has 2 amide bonds. The van der Waals surface area contributed by atoms with E-state index in [1.807, 2.05) is 12.1 Å². The third-order valence-electron chi connectivity index (χ3n) is 1.59. The van der Waals surface area contributed by atoms with Gasteiger partial charge in [-0.15, -0.1) is 0 Å². The minimum absolute atomic E-state index is 0.185. The van der Waals surface area contributed by atoms with Crippen molar-refractivity contribution >= 4 is 17.6 Å². The van der Waals surface area contributed by atoms with Gasteiger partial charge in [0.1, 0.15) is 0 Å². The van der Waals surface area contributed by atoms with Gasteiger partial charge in [-0.3, -0.25) is 0 Å². The van der Waals surface area contributed by atoms with E-state index < -0.39 is 0 Å². The fourth-order valence-corrected chi connectivity index (χ4v) is 0.999. The predicted molar refractivity (Wildman–Crippen MR) is 52.7 cm³/mol. The first-order valence-corrected chi connectivity index (χ1v) is 4.30. The number of halogens is 1. The van der Waals surface area contributed by atoms with Crippen molar-refractivity contribution in [2.45, 2.75) is 6.54 Å². The fraction of sp³-hybridized carbons (Fsp3) is 0.222. The Morgan fingerprint density at radius 2 is 2.00 bits per heavy atom. The molecular formula is C9H11ClN2O. The third-order valence-corrected chi connectivity index (χ3v) is 1.85. The van der Waals surface area contributed by atoms with E-state index in [0.717, 1.165) is 5.56 Å². The van der Waals surface area contributed by atoms with Crippen LogP contribution in [-0.2, 0) is 6.54 Å². The van der Waals surface area contributed by atoms with Crippen molar-refractivity contribution in [3.8, 4) is 0 Å². The number of hydrogen-bond acceptors (Lipinski definition) is 1. The Bertz CT molecular complexity index is 284. The quantitative estimate of drug-likeness (QED) is 0.747. The Labute approximate surface area is 82.1 Å². The SMILES string of the molecule is CNC(=O)NCc1ccc(Cl)cc1. The van der Waals surface area contributed by atoms with Crippen LogP contribution in [0.4, 0.5) is 4.79 Å². The lowest BCUT2D eigenvalue weighted by Crippen LogP contribution is -2.32. The molecule has 4 heteroatoms. The molecule has 0 aliphatic heterocycles. The highest BCUT2D eigenvalue weighted by molar-refractivity contribution is 6.30. The molecule has 0 saturated carbocycles. The number of nitrogens with one attached hydrogen (secondary N) is 2. The van der Waals surface area contributed by atoms with E-state index in [9.17, 15) is 4.79 Å². The van der Waals surface area contributed by atoms with Crippen molar-refractivity contribution in [3.63, 3.8) is 0 Å². The normalized spacial score (nSPS) is 9.38. The zero-order chi connectivity index (χ0) is 9.68. The molecule has 3 nitrogen and oxygen atoms in total. The lowest BCUT2D eigenvalue weighted by molar-refractivity contribution is 0.242. The van der Waals surface area contributed by atoms with Crippen LogP contribution in [0.15, 0.2) is 24.3 Å². The molecule has 1 rings (SSSR count). The molecular weight excluding hydrogens is 188 g/mol. The summed E-state index contributed by atoms with van der Waals surface area (Å²) in [5, 5.41) is 5.84. The van der Waals surface area contributed by atoms with E-state index in [-0.39, 0.29) is 6.03 Å². The van der Waals surface area contributed by atoms with Crippen LogP contribution in [-0.4, -0.2) is 13.1 Å². The first kappa shape index (κ1) is 9.86. The largest absolute Gasteiger partial charge is 0.341 e. The fourth-order valence-electron chi connectivity index (χ4n) is 0.873. The summed E-state index contributed by atoms with van der Waals surface area (Å²) >= 11 is 5.70. The summed E-state index contributed by atoms with van der Waals surface area (Å²) in [5.41, 5.74) is 1.02. The van der Waals surface area contributed by atoms with Gasteiger partial charge in [-0.25, -0.2) is 4.79 Å². The molecule has 0 radical (unpaired) electrons. The number of urea groups is 1. The second-order valence-electron chi connectivity index (χ2n) is 2.56. The summed E-state index contributed by atoms with van der Waals surface area (Å²) < 4.78 is 0. The number of benzene rings is 1. The van der Waals surface area contributed by atoms with Gasteiger partial charge < -0.3 is 10.6 Å². The summed E-state index contributed by atoms with van der Waals surface area (Å²) in [7, 11) is 1.58. The van der Waals surface area contributed by atoms with E-state index in [1.54, 1.807) is 19.2 Å². The predicted octanol–water partition coefficient (Wildman–Crippen LogP) is 1.77. The molecule has 2 N–H and O–H groups in total. The van der Waals surface area contributed by atoms with Gasteiger partial charge in [0.2, 0.25) is 0 Å². The van der Waals surface area contributed by atoms with Crippen LogP contribution in [0.25, 0.3) is 0 Å². The van der Waals surface area contributed by atoms with Gasteiger partial charge in [-0.2, -0.15) is 0 Å². The summed E-state index contributed by atoms with van der Waals surface area (Å²) in [5.74, 6) is 0. The topological polar surface area (TPSA) is 41.1 Å². The first-order valence-electron chi connectivity index (χ1n) is 3.92. The summed E-state index contributed by atoms with van der Waals surface area (Å²) in [4.78, 5) is 10.8. The third kappa shape index (κ3) is 3.34. The van der Waals surface area contributed by atoms with E-state index in [4.69, 9.17) is 11.6 Å². The van der Waals surface area contributed by atoms with Crippen LogP contribution in [0.1, 0.15) is 5.56 Å². The number of carbonyl (C=O) groups is 1. The Morgan fingerprint density at radius 1 is 1.38 bits per heavy atom. The summed E-state index contributed by atoms with van der Waals surface area (Å²) in [6.07, 6.45) is 0. The van der Waals surface area contributed by atoms with E-state index in [0.29, 0.717) is 11.6 Å². The van der Waals surface area contributed by atoms with E-state index >= 15 is 0 Å². The highest BCUT2D eigenvalue weighted by Gasteiger charge is 1.96. The molecule has 0 atom stereocenters. The smallest absolute Gasteiger partial charge is 0.314 e. The van der Waals surface area contributed by atoms with Gasteiger partial charge in [-0.05, 0) is 17.7 Å². The summed E-state index contributed by atoms with van der Waals surface area (Å²) in [6.45, 7) is 0.511. The van der Waals surface area contributed by atoms with Gasteiger partial charge in [-0.1, -0.05) is 23.7 Å². The minimum atomic E-state index is -0.185. The zero-order valence-corrected chi connectivity index (χ0v) is 8.06. The van der Waals surface area contributed by atoms with Crippen molar-refractivity contribution < 1.29 is 4.79 Å². The molecule has 70 valence electrons. The van der Waals surface area contributed by atoms with Crippen LogP contribution in [0, 0.1) is 0 Å². The molecule has 0 aliphatic rings. The minimum Gasteiger partial charge on any atom is -0.341 e. The second kappa shape index (κ2) is 4.72. The first-order chi connectivity index (χ1) is 6.22. The Morgan fingerprint density at radius 3 is 2.54 bits per heavy atom. The lowest BCUT2D eigenvalue weighted by Gasteiger charge is -2.03. The zero-order valence-electron chi connectivity index (χ0n) is 7.30. The van der Waals surface area contributed by atoms with Crippen LogP contribution in [0.3, 0.4) is 0 Å². The average Bonchev–Trinajstić information content (AvgIpc) is 2.16. The van der Waals surface area contributed by atoms with Gasteiger partial charge in [0.25, 0.3) is 0 Å². The monoisotopic (exact) mass is 198 g/mol. The maximum Gasteiger partial charge on any atom is 0.314 e. The lowest BCUT2D eigenvalue weighted by atomic mass is 10.2. The highest BCUT2D eigenvalue weighted by Crippen LogP contribution is 2.08. The molecule has 1 aromatic rings. The molecule has 0 aliphatic carbocycles. The molecule has 0 fully saturated rings. The molecule has 0 heterocycles. The van der Waals surface area contributed by atoms with Gasteiger partial charge in [0, 0.05) is 18.6 Å². The highest BCUT2D eigenvalue weighted by atomic mass is 35.5. The molecule has 0 aromatic heterocycles. The Kier molecular flexibility index (Phi) is 3.58. The van der Waals surface area contributed by atoms with Crippen LogP contribution in [0.2, 0.25) is 5.02 Å². The molecule has 0 unspecified atom stereocenters. The van der Waals surface area contributed by atoms with E-state index in [2.05, 4.69) is 10.6 Å². The number of amides is 2. The maximum absolute atomic E-state index is 10.8. The molecule has 0 bridgehead atoms. The van der Waals surface area contributed by atoms with Crippen LogP contribution >= 0.6 is 11.6 Å². The van der Waals surface area contributed by atoms with Crippen molar-refractivity contribution in [1.82, 2.24) is 10.6 Å². The molecule has 0 spiro atoms. The van der Waals surface area contributed by atoms with Crippen molar-refractivity contribution in [1.29, 1.82) is 0 Å². The average molecular weight is 199 g/mol. The molecule has 13 heavy (non-hydrogen) atoms. The van der Waals surface area contributed by atoms with Gasteiger partial charge >= 0.3 is 6.03 Å². The molecule has 1 aromatic carbocycles. The standard InChI is InChI=1S/C9H11ClN2O/c1-11-9(13)12-6-7-2-4-8(10)5-3-7/h2-5H,6H2,1H3,(H2,11,12,13). The van der Waals surface area contributed by atoms with Crippen molar-refractivity contribution in [2.24, 2.45) is 0 Å². The summed E-state index contributed by atoms with van der Waals surface area (Å²) in [6, 6.07) is 7.15. The maximum atomic E-state index is 10.8. The van der Waals surface area contributed by atoms with Crippen molar-refractivity contribution in [2.75, 3.05) is 7.05 Å². The van der Waals surface area contributed by atoms with Crippen molar-refractivity contribution in [3.05, 3.63) is 34.9 Å². The van der Waals surface area contributed by atoms with Gasteiger partial charge in [0.15, 0.2) is 0 Å². The number of carbonyl (C=O) groups excluding carboxylic acids is 1.